The lowest BCUT2D eigenvalue weighted by Crippen LogP contribution is -2.43. The van der Waals surface area contributed by atoms with Gasteiger partial charge in [0.1, 0.15) is 0 Å². The number of hydrogen-bond donors (Lipinski definition) is 1. The van der Waals surface area contributed by atoms with Crippen LogP contribution in [0.1, 0.15) is 34.6 Å². The van der Waals surface area contributed by atoms with Gasteiger partial charge in [-0.25, -0.2) is 0 Å². The number of likely N-dealkylation sites (N-methyl/N-ethyl adjacent to an activating group) is 1. The first-order valence-corrected chi connectivity index (χ1v) is 7.90. The Balaban J connectivity index is 2.65. The summed E-state index contributed by atoms with van der Waals surface area (Å²) in [6.07, 6.45) is 0. The third kappa shape index (κ3) is 4.91. The highest BCUT2D eigenvalue weighted by atomic mass is 16.2. The van der Waals surface area contributed by atoms with Crippen LogP contribution in [0.25, 0.3) is 0 Å². The molecule has 0 aromatic rings. The van der Waals surface area contributed by atoms with E-state index in [1.54, 1.807) is 0 Å². The molecule has 0 bridgehead atoms. The van der Waals surface area contributed by atoms with Crippen LogP contribution in [0.4, 0.5) is 0 Å². The summed E-state index contributed by atoms with van der Waals surface area (Å²) in [5.74, 6) is 0.732. The van der Waals surface area contributed by atoms with E-state index in [1.165, 1.54) is 5.57 Å². The van der Waals surface area contributed by atoms with E-state index in [1.807, 2.05) is 11.8 Å². The fraction of sp³-hybridized carbons (Fsp3) is 0.812. The lowest BCUT2D eigenvalue weighted by molar-refractivity contribution is -0.128. The zero-order chi connectivity index (χ0) is 15.1. The quantitative estimate of drug-likeness (QED) is 0.688. The zero-order valence-electron chi connectivity index (χ0n) is 13.8. The number of nitrogens with one attached hydrogen (secondary N) is 1. The molecule has 1 rings (SSSR count). The molecule has 0 radical (unpaired) electrons. The maximum Gasteiger partial charge on any atom is 0.249 e. The van der Waals surface area contributed by atoms with Gasteiger partial charge >= 0.3 is 0 Å². The zero-order valence-corrected chi connectivity index (χ0v) is 13.8. The van der Waals surface area contributed by atoms with Crippen LogP contribution in [0.5, 0.6) is 0 Å². The molecule has 0 saturated carbocycles. The lowest BCUT2D eigenvalue weighted by Gasteiger charge is -2.30. The first kappa shape index (κ1) is 17.2. The minimum absolute atomic E-state index is 0.224. The van der Waals surface area contributed by atoms with Crippen molar-refractivity contribution < 1.29 is 4.79 Å². The molecule has 116 valence electrons. The molecular formula is C16H31N3O. The van der Waals surface area contributed by atoms with Gasteiger partial charge < -0.3 is 15.1 Å². The van der Waals surface area contributed by atoms with E-state index in [-0.39, 0.29) is 5.91 Å². The molecule has 0 aromatic carbocycles. The van der Waals surface area contributed by atoms with E-state index in [0.29, 0.717) is 5.92 Å². The molecule has 0 spiro atoms. The molecule has 0 atom stereocenters. The number of rotatable bonds is 8. The molecule has 0 aromatic heterocycles. The molecule has 0 unspecified atom stereocenters. The van der Waals surface area contributed by atoms with Gasteiger partial charge in [0.05, 0.1) is 0 Å². The summed E-state index contributed by atoms with van der Waals surface area (Å²) in [6.45, 7) is 17.2. The molecule has 1 amide bonds. The second kappa shape index (κ2) is 8.42. The third-order valence-electron chi connectivity index (χ3n) is 3.98. The van der Waals surface area contributed by atoms with Crippen molar-refractivity contribution >= 4 is 5.91 Å². The summed E-state index contributed by atoms with van der Waals surface area (Å²) < 4.78 is 0. The molecule has 4 heteroatoms. The molecule has 1 aliphatic heterocycles. The Hall–Kier alpha value is -0.870. The number of amides is 1. The highest BCUT2D eigenvalue weighted by Gasteiger charge is 2.21. The van der Waals surface area contributed by atoms with Crippen LogP contribution >= 0.6 is 0 Å². The predicted octanol–water partition coefficient (Wildman–Crippen LogP) is 1.73. The van der Waals surface area contributed by atoms with Crippen molar-refractivity contribution in [2.75, 3.05) is 45.8 Å². The van der Waals surface area contributed by atoms with Crippen LogP contribution in [0.3, 0.4) is 0 Å². The SMILES string of the molecule is CCN(CC)CCN(CC(C)C)C(=O)C(C)=C1CNC1. The summed E-state index contributed by atoms with van der Waals surface area (Å²) in [5.41, 5.74) is 2.22. The van der Waals surface area contributed by atoms with E-state index >= 15 is 0 Å². The van der Waals surface area contributed by atoms with Crippen LogP contribution in [0.2, 0.25) is 0 Å². The van der Waals surface area contributed by atoms with Gasteiger partial charge in [0.25, 0.3) is 0 Å². The highest BCUT2D eigenvalue weighted by molar-refractivity contribution is 5.94. The van der Waals surface area contributed by atoms with Gasteiger partial charge in [-0.3, -0.25) is 4.79 Å². The molecule has 1 N–H and O–H groups in total. The molecule has 1 saturated heterocycles. The predicted molar refractivity (Wildman–Crippen MR) is 84.8 cm³/mol. The van der Waals surface area contributed by atoms with Crippen LogP contribution < -0.4 is 5.32 Å². The maximum atomic E-state index is 12.6. The van der Waals surface area contributed by atoms with E-state index in [0.717, 1.165) is 51.4 Å². The third-order valence-corrected chi connectivity index (χ3v) is 3.98. The van der Waals surface area contributed by atoms with Crippen molar-refractivity contribution in [1.29, 1.82) is 0 Å². The largest absolute Gasteiger partial charge is 0.337 e. The number of hydrogen-bond acceptors (Lipinski definition) is 3. The topological polar surface area (TPSA) is 35.6 Å². The maximum absolute atomic E-state index is 12.6. The summed E-state index contributed by atoms with van der Waals surface area (Å²) in [7, 11) is 0. The number of nitrogens with zero attached hydrogens (tertiary/aromatic N) is 2. The van der Waals surface area contributed by atoms with Crippen LogP contribution in [0, 0.1) is 5.92 Å². The first-order valence-electron chi connectivity index (χ1n) is 7.90. The van der Waals surface area contributed by atoms with Crippen molar-refractivity contribution in [3.63, 3.8) is 0 Å². The average molecular weight is 281 g/mol. The molecule has 1 aliphatic rings. The molecule has 4 nitrogen and oxygen atoms in total. The smallest absolute Gasteiger partial charge is 0.249 e. The fourth-order valence-corrected chi connectivity index (χ4v) is 2.42. The number of carbonyl (C=O) groups excluding carboxylic acids is 1. The van der Waals surface area contributed by atoms with Gasteiger partial charge in [-0.1, -0.05) is 27.7 Å². The van der Waals surface area contributed by atoms with Gasteiger partial charge in [0.15, 0.2) is 0 Å². The fourth-order valence-electron chi connectivity index (χ4n) is 2.42. The monoisotopic (exact) mass is 281 g/mol. The minimum atomic E-state index is 0.224. The molecule has 1 heterocycles. The Bertz CT molecular complexity index is 340. The summed E-state index contributed by atoms with van der Waals surface area (Å²) in [4.78, 5) is 17.0. The Labute approximate surface area is 124 Å². The van der Waals surface area contributed by atoms with E-state index < -0.39 is 0 Å². The summed E-state index contributed by atoms with van der Waals surface area (Å²) in [5, 5.41) is 3.21. The van der Waals surface area contributed by atoms with Crippen molar-refractivity contribution in [2.24, 2.45) is 5.92 Å². The van der Waals surface area contributed by atoms with Gasteiger partial charge in [0, 0.05) is 38.3 Å². The Morgan fingerprint density at radius 1 is 1.20 bits per heavy atom. The van der Waals surface area contributed by atoms with Crippen molar-refractivity contribution in [1.82, 2.24) is 15.1 Å². The molecule has 20 heavy (non-hydrogen) atoms. The van der Waals surface area contributed by atoms with E-state index in [4.69, 9.17) is 0 Å². The Morgan fingerprint density at radius 2 is 1.80 bits per heavy atom. The average Bonchev–Trinajstić information content (AvgIpc) is 2.35. The lowest BCUT2D eigenvalue weighted by atomic mass is 10.0. The molecular weight excluding hydrogens is 250 g/mol. The van der Waals surface area contributed by atoms with E-state index in [9.17, 15) is 4.79 Å². The van der Waals surface area contributed by atoms with E-state index in [2.05, 4.69) is 37.9 Å². The van der Waals surface area contributed by atoms with Crippen LogP contribution in [-0.4, -0.2) is 61.5 Å². The van der Waals surface area contributed by atoms with Crippen molar-refractivity contribution in [2.45, 2.75) is 34.6 Å². The van der Waals surface area contributed by atoms with Crippen LogP contribution in [-0.2, 0) is 4.79 Å². The normalized spacial score (nSPS) is 14.7. The first-order chi connectivity index (χ1) is 9.49. The second-order valence-corrected chi connectivity index (χ2v) is 6.00. The highest BCUT2D eigenvalue weighted by Crippen LogP contribution is 2.13. The summed E-state index contributed by atoms with van der Waals surface area (Å²) >= 11 is 0. The Kier molecular flexibility index (Phi) is 7.24. The minimum Gasteiger partial charge on any atom is -0.337 e. The number of carbonyl (C=O) groups is 1. The van der Waals surface area contributed by atoms with Gasteiger partial charge in [-0.2, -0.15) is 0 Å². The second-order valence-electron chi connectivity index (χ2n) is 6.00. The van der Waals surface area contributed by atoms with Crippen molar-refractivity contribution in [3.05, 3.63) is 11.1 Å². The van der Waals surface area contributed by atoms with Gasteiger partial charge in [-0.15, -0.1) is 0 Å². The van der Waals surface area contributed by atoms with Crippen LogP contribution in [0.15, 0.2) is 11.1 Å². The standard InChI is InChI=1S/C16H31N3O/c1-6-18(7-2)8-9-19(12-13(3)4)16(20)14(5)15-10-17-11-15/h13,17H,6-12H2,1-5H3. The van der Waals surface area contributed by atoms with Gasteiger partial charge in [0.2, 0.25) is 5.91 Å². The molecule has 0 aliphatic carbocycles. The summed E-state index contributed by atoms with van der Waals surface area (Å²) in [6, 6.07) is 0. The Morgan fingerprint density at radius 3 is 2.20 bits per heavy atom. The van der Waals surface area contributed by atoms with Gasteiger partial charge in [-0.05, 0) is 31.5 Å². The molecule has 1 fully saturated rings. The van der Waals surface area contributed by atoms with Crippen molar-refractivity contribution in [3.8, 4) is 0 Å².